The molecule has 2 saturated heterocycles. The van der Waals surface area contributed by atoms with Crippen molar-refractivity contribution in [2.45, 2.75) is 12.5 Å². The first kappa shape index (κ1) is 11.2. The van der Waals surface area contributed by atoms with Gasteiger partial charge in [0.1, 0.15) is 0 Å². The van der Waals surface area contributed by atoms with Crippen LogP contribution in [0, 0.1) is 5.92 Å². The predicted octanol–water partition coefficient (Wildman–Crippen LogP) is -0.338. The van der Waals surface area contributed by atoms with Crippen LogP contribution >= 0.6 is 12.4 Å². The van der Waals surface area contributed by atoms with Crippen LogP contribution < -0.4 is 5.32 Å². The van der Waals surface area contributed by atoms with Crippen molar-refractivity contribution < 1.29 is 8.42 Å². The van der Waals surface area contributed by atoms with E-state index in [1.807, 2.05) is 0 Å². The second-order valence-corrected chi connectivity index (χ2v) is 5.67. The molecular weight excluding hydrogens is 212 g/mol. The molecule has 0 aromatic heterocycles. The SMILES string of the molecule is CS(=O)(=O)N1CC2CCNC2C1.Cl. The van der Waals surface area contributed by atoms with E-state index in [1.54, 1.807) is 4.31 Å². The molecule has 2 aliphatic rings. The van der Waals surface area contributed by atoms with Crippen LogP contribution in [0.5, 0.6) is 0 Å². The molecule has 0 bridgehead atoms. The van der Waals surface area contributed by atoms with Crippen molar-refractivity contribution in [3.05, 3.63) is 0 Å². The van der Waals surface area contributed by atoms with Crippen LogP contribution in [0.15, 0.2) is 0 Å². The molecule has 2 atom stereocenters. The van der Waals surface area contributed by atoms with Gasteiger partial charge in [0, 0.05) is 19.1 Å². The van der Waals surface area contributed by atoms with Crippen molar-refractivity contribution >= 4 is 22.4 Å². The highest BCUT2D eigenvalue weighted by Gasteiger charge is 2.39. The standard InChI is InChI=1S/C7H14N2O2S.ClH/c1-12(10,11)9-4-6-2-3-8-7(6)5-9;/h6-8H,2-5H2,1H3;1H. The van der Waals surface area contributed by atoms with Crippen LogP contribution in [0.25, 0.3) is 0 Å². The summed E-state index contributed by atoms with van der Waals surface area (Å²) in [5, 5.41) is 3.31. The van der Waals surface area contributed by atoms with Gasteiger partial charge in [-0.15, -0.1) is 12.4 Å². The van der Waals surface area contributed by atoms with Crippen molar-refractivity contribution in [1.29, 1.82) is 0 Å². The Morgan fingerprint density at radius 3 is 2.62 bits per heavy atom. The molecule has 0 saturated carbocycles. The molecule has 0 aliphatic carbocycles. The lowest BCUT2D eigenvalue weighted by molar-refractivity contribution is 0.453. The molecule has 0 aromatic carbocycles. The van der Waals surface area contributed by atoms with E-state index >= 15 is 0 Å². The number of hydrogen-bond acceptors (Lipinski definition) is 3. The topological polar surface area (TPSA) is 49.4 Å². The van der Waals surface area contributed by atoms with Gasteiger partial charge >= 0.3 is 0 Å². The second kappa shape index (κ2) is 3.73. The van der Waals surface area contributed by atoms with Gasteiger partial charge in [0.2, 0.25) is 10.0 Å². The molecule has 1 N–H and O–H groups in total. The zero-order chi connectivity index (χ0) is 8.77. The summed E-state index contributed by atoms with van der Waals surface area (Å²) < 4.78 is 23.9. The lowest BCUT2D eigenvalue weighted by Gasteiger charge is -2.13. The number of fused-ring (bicyclic) bond motifs is 1. The van der Waals surface area contributed by atoms with Crippen molar-refractivity contribution in [3.63, 3.8) is 0 Å². The largest absolute Gasteiger partial charge is 0.312 e. The fraction of sp³-hybridized carbons (Fsp3) is 1.00. The molecule has 2 heterocycles. The van der Waals surface area contributed by atoms with Crippen molar-refractivity contribution in [3.8, 4) is 0 Å². The van der Waals surface area contributed by atoms with Gasteiger partial charge < -0.3 is 5.32 Å². The van der Waals surface area contributed by atoms with E-state index in [4.69, 9.17) is 0 Å². The molecular formula is C7H15ClN2O2S. The molecule has 2 fully saturated rings. The summed E-state index contributed by atoms with van der Waals surface area (Å²) in [6.45, 7) is 2.44. The predicted molar refractivity (Wildman–Crippen MR) is 53.6 cm³/mol. The van der Waals surface area contributed by atoms with Crippen molar-refractivity contribution in [2.24, 2.45) is 5.92 Å². The maximum absolute atomic E-state index is 11.2. The first-order valence-corrected chi connectivity index (χ1v) is 6.11. The Balaban J connectivity index is 0.000000845. The summed E-state index contributed by atoms with van der Waals surface area (Å²) >= 11 is 0. The Hall–Kier alpha value is 0.160. The Labute approximate surface area is 85.1 Å². The molecule has 4 nitrogen and oxygen atoms in total. The summed E-state index contributed by atoms with van der Waals surface area (Å²) in [6, 6.07) is 0.416. The van der Waals surface area contributed by atoms with Gasteiger partial charge in [0.25, 0.3) is 0 Å². The molecule has 13 heavy (non-hydrogen) atoms. The van der Waals surface area contributed by atoms with Crippen molar-refractivity contribution in [2.75, 3.05) is 25.9 Å². The van der Waals surface area contributed by atoms with Crippen LogP contribution in [0.2, 0.25) is 0 Å². The van der Waals surface area contributed by atoms with E-state index in [-0.39, 0.29) is 12.4 Å². The van der Waals surface area contributed by atoms with E-state index in [1.165, 1.54) is 6.26 Å². The van der Waals surface area contributed by atoms with E-state index < -0.39 is 10.0 Å². The molecule has 6 heteroatoms. The van der Waals surface area contributed by atoms with Gasteiger partial charge in [-0.2, -0.15) is 0 Å². The third-order valence-electron chi connectivity index (χ3n) is 2.80. The Bertz CT molecular complexity index is 268. The molecule has 0 aromatic rings. The molecule has 2 unspecified atom stereocenters. The third-order valence-corrected chi connectivity index (χ3v) is 4.03. The first-order chi connectivity index (χ1) is 5.57. The fourth-order valence-corrected chi connectivity index (χ4v) is 2.97. The monoisotopic (exact) mass is 226 g/mol. The fourth-order valence-electron chi connectivity index (χ4n) is 2.08. The van der Waals surface area contributed by atoms with Crippen LogP contribution in [-0.4, -0.2) is 44.7 Å². The summed E-state index contributed by atoms with van der Waals surface area (Å²) in [4.78, 5) is 0. The van der Waals surface area contributed by atoms with E-state index in [9.17, 15) is 8.42 Å². The minimum absolute atomic E-state index is 0. The number of nitrogens with zero attached hydrogens (tertiary/aromatic N) is 1. The number of rotatable bonds is 1. The van der Waals surface area contributed by atoms with Crippen LogP contribution in [-0.2, 0) is 10.0 Å². The van der Waals surface area contributed by atoms with Gasteiger partial charge in [0.15, 0.2) is 0 Å². The normalized spacial score (nSPS) is 34.2. The van der Waals surface area contributed by atoms with Crippen LogP contribution in [0.1, 0.15) is 6.42 Å². The maximum atomic E-state index is 11.2. The maximum Gasteiger partial charge on any atom is 0.211 e. The second-order valence-electron chi connectivity index (χ2n) is 3.69. The minimum atomic E-state index is -2.95. The Kier molecular flexibility index (Phi) is 3.22. The lowest BCUT2D eigenvalue weighted by Crippen LogP contribution is -2.33. The molecule has 2 rings (SSSR count). The molecule has 0 spiro atoms. The highest BCUT2D eigenvalue weighted by molar-refractivity contribution is 7.88. The summed E-state index contributed by atoms with van der Waals surface area (Å²) in [6.07, 6.45) is 2.41. The molecule has 0 radical (unpaired) electrons. The zero-order valence-corrected chi connectivity index (χ0v) is 9.20. The lowest BCUT2D eigenvalue weighted by atomic mass is 10.1. The molecule has 2 aliphatic heterocycles. The van der Waals surface area contributed by atoms with E-state index in [0.717, 1.165) is 19.5 Å². The number of sulfonamides is 1. The highest BCUT2D eigenvalue weighted by Crippen LogP contribution is 2.25. The summed E-state index contributed by atoms with van der Waals surface area (Å²) in [7, 11) is -2.95. The van der Waals surface area contributed by atoms with Crippen LogP contribution in [0.3, 0.4) is 0 Å². The Morgan fingerprint density at radius 1 is 1.38 bits per heavy atom. The summed E-state index contributed by atoms with van der Waals surface area (Å²) in [5.41, 5.74) is 0. The average Bonchev–Trinajstić information content (AvgIpc) is 2.37. The minimum Gasteiger partial charge on any atom is -0.312 e. The quantitative estimate of drug-likeness (QED) is 0.666. The van der Waals surface area contributed by atoms with Gasteiger partial charge in [0.05, 0.1) is 6.26 Å². The smallest absolute Gasteiger partial charge is 0.211 e. The molecule has 78 valence electrons. The highest BCUT2D eigenvalue weighted by atomic mass is 35.5. The zero-order valence-electron chi connectivity index (χ0n) is 7.56. The first-order valence-electron chi connectivity index (χ1n) is 4.26. The van der Waals surface area contributed by atoms with Gasteiger partial charge in [-0.25, -0.2) is 12.7 Å². The Morgan fingerprint density at radius 2 is 2.08 bits per heavy atom. The number of halogens is 1. The number of nitrogens with one attached hydrogen (secondary N) is 1. The van der Waals surface area contributed by atoms with Crippen molar-refractivity contribution in [1.82, 2.24) is 9.62 Å². The molecule has 0 amide bonds. The average molecular weight is 227 g/mol. The third kappa shape index (κ3) is 2.15. The van der Waals surface area contributed by atoms with Crippen LogP contribution in [0.4, 0.5) is 0 Å². The van der Waals surface area contributed by atoms with Gasteiger partial charge in [-0.1, -0.05) is 0 Å². The van der Waals surface area contributed by atoms with Gasteiger partial charge in [-0.05, 0) is 18.9 Å². The summed E-state index contributed by atoms with van der Waals surface area (Å²) in [5.74, 6) is 0.555. The van der Waals surface area contributed by atoms with Gasteiger partial charge in [-0.3, -0.25) is 0 Å². The van der Waals surface area contributed by atoms with E-state index in [2.05, 4.69) is 5.32 Å². The van der Waals surface area contributed by atoms with E-state index in [0.29, 0.717) is 18.5 Å². The number of hydrogen-bond donors (Lipinski definition) is 1.